The minimum atomic E-state index is -0.215. The predicted molar refractivity (Wildman–Crippen MR) is 90.1 cm³/mol. The van der Waals surface area contributed by atoms with Crippen LogP contribution in [0.15, 0.2) is 30.5 Å². The Hall–Kier alpha value is -2.47. The Balaban J connectivity index is 2.04. The molecule has 0 saturated carbocycles. The summed E-state index contributed by atoms with van der Waals surface area (Å²) in [6, 6.07) is 7.57. The van der Waals surface area contributed by atoms with Crippen LogP contribution in [0.25, 0.3) is 0 Å². The number of rotatable bonds is 7. The van der Waals surface area contributed by atoms with E-state index in [-0.39, 0.29) is 5.91 Å². The van der Waals surface area contributed by atoms with Crippen LogP contribution in [0, 0.1) is 13.8 Å². The third-order valence-corrected chi connectivity index (χ3v) is 3.55. The molecule has 0 unspecified atom stereocenters. The van der Waals surface area contributed by atoms with Crippen LogP contribution < -0.4 is 10.6 Å². The zero-order valence-corrected chi connectivity index (χ0v) is 13.7. The van der Waals surface area contributed by atoms with E-state index < -0.39 is 0 Å². The van der Waals surface area contributed by atoms with Gasteiger partial charge in [-0.2, -0.15) is 0 Å². The number of amides is 1. The maximum atomic E-state index is 12.1. The second kappa shape index (κ2) is 8.24. The van der Waals surface area contributed by atoms with E-state index in [1.807, 2.05) is 32.0 Å². The van der Waals surface area contributed by atoms with Crippen molar-refractivity contribution in [2.75, 3.05) is 25.6 Å². The fourth-order valence-corrected chi connectivity index (χ4v) is 2.06. The summed E-state index contributed by atoms with van der Waals surface area (Å²) in [7, 11) is 1.64. The molecule has 23 heavy (non-hydrogen) atoms. The van der Waals surface area contributed by atoms with Crippen molar-refractivity contribution >= 4 is 17.5 Å². The molecule has 1 aromatic carbocycles. The van der Waals surface area contributed by atoms with E-state index in [4.69, 9.17) is 4.74 Å². The van der Waals surface area contributed by atoms with Crippen LogP contribution in [0.4, 0.5) is 11.6 Å². The quantitative estimate of drug-likeness (QED) is 0.768. The van der Waals surface area contributed by atoms with Gasteiger partial charge in [0.15, 0.2) is 0 Å². The number of carbonyl (C=O) groups is 1. The van der Waals surface area contributed by atoms with E-state index >= 15 is 0 Å². The lowest BCUT2D eigenvalue weighted by atomic mass is 10.1. The number of nitrogens with zero attached hydrogens (tertiary/aromatic N) is 2. The second-order valence-corrected chi connectivity index (χ2v) is 5.24. The topological polar surface area (TPSA) is 76.1 Å². The first kappa shape index (κ1) is 16.9. The number of ether oxygens (including phenoxy) is 1. The Bertz CT molecular complexity index is 673. The molecule has 1 heterocycles. The molecule has 0 spiro atoms. The number of nitrogens with one attached hydrogen (secondary N) is 2. The van der Waals surface area contributed by atoms with E-state index in [2.05, 4.69) is 20.6 Å². The van der Waals surface area contributed by atoms with Gasteiger partial charge < -0.3 is 15.4 Å². The molecule has 2 rings (SSSR count). The van der Waals surface area contributed by atoms with Gasteiger partial charge in [-0.3, -0.25) is 4.79 Å². The number of methoxy groups -OCH3 is 1. The van der Waals surface area contributed by atoms with Gasteiger partial charge in [0.1, 0.15) is 5.69 Å². The minimum Gasteiger partial charge on any atom is -0.385 e. The molecule has 0 saturated heterocycles. The van der Waals surface area contributed by atoms with Crippen molar-refractivity contribution in [2.24, 2.45) is 0 Å². The molecular formula is C17H22N4O2. The fourth-order valence-electron chi connectivity index (χ4n) is 2.06. The standard InChI is InChI=1S/C17H22N4O2/c1-12-6-4-7-14(13(12)2)20-17-19-10-8-15(21-17)16(22)18-9-5-11-23-3/h4,6-8,10H,5,9,11H2,1-3H3,(H,18,22)(H,19,20,21). The Morgan fingerprint density at radius 3 is 2.87 bits per heavy atom. The predicted octanol–water partition coefficient (Wildman–Crippen LogP) is 2.60. The summed E-state index contributed by atoms with van der Waals surface area (Å²) < 4.78 is 4.95. The highest BCUT2D eigenvalue weighted by molar-refractivity contribution is 5.92. The molecule has 0 bridgehead atoms. The van der Waals surface area contributed by atoms with Gasteiger partial charge in [-0.15, -0.1) is 0 Å². The van der Waals surface area contributed by atoms with Crippen LogP contribution in [0.1, 0.15) is 28.0 Å². The van der Waals surface area contributed by atoms with Gasteiger partial charge in [0.2, 0.25) is 5.95 Å². The van der Waals surface area contributed by atoms with Crippen LogP contribution in [-0.4, -0.2) is 36.1 Å². The van der Waals surface area contributed by atoms with Gasteiger partial charge >= 0.3 is 0 Å². The van der Waals surface area contributed by atoms with Gasteiger partial charge in [-0.1, -0.05) is 12.1 Å². The van der Waals surface area contributed by atoms with Gasteiger partial charge in [-0.25, -0.2) is 9.97 Å². The van der Waals surface area contributed by atoms with Crippen molar-refractivity contribution in [3.05, 3.63) is 47.3 Å². The summed E-state index contributed by atoms with van der Waals surface area (Å²) in [5.41, 5.74) is 3.58. The number of carbonyl (C=O) groups excluding carboxylic acids is 1. The zero-order valence-electron chi connectivity index (χ0n) is 13.7. The molecule has 6 nitrogen and oxygen atoms in total. The Labute approximate surface area is 136 Å². The summed E-state index contributed by atoms with van der Waals surface area (Å²) >= 11 is 0. The molecule has 0 aliphatic rings. The summed E-state index contributed by atoms with van der Waals surface area (Å²) in [6.45, 7) is 5.25. The van der Waals surface area contributed by atoms with Gasteiger partial charge in [-0.05, 0) is 43.5 Å². The molecule has 0 aliphatic heterocycles. The number of anilines is 2. The smallest absolute Gasteiger partial charge is 0.270 e. The van der Waals surface area contributed by atoms with Gasteiger partial charge in [0.05, 0.1) is 0 Å². The first-order chi connectivity index (χ1) is 11.1. The summed E-state index contributed by atoms with van der Waals surface area (Å²) in [5.74, 6) is 0.191. The third kappa shape index (κ3) is 4.75. The zero-order chi connectivity index (χ0) is 16.7. The number of aromatic nitrogens is 2. The number of hydrogen-bond donors (Lipinski definition) is 2. The Morgan fingerprint density at radius 1 is 1.26 bits per heavy atom. The molecule has 1 aromatic heterocycles. The Morgan fingerprint density at radius 2 is 2.09 bits per heavy atom. The number of benzene rings is 1. The largest absolute Gasteiger partial charge is 0.385 e. The van der Waals surface area contributed by atoms with Crippen LogP contribution >= 0.6 is 0 Å². The summed E-state index contributed by atoms with van der Waals surface area (Å²) in [4.78, 5) is 20.5. The van der Waals surface area contributed by atoms with Crippen molar-refractivity contribution in [3.63, 3.8) is 0 Å². The van der Waals surface area contributed by atoms with Gasteiger partial charge in [0, 0.05) is 32.1 Å². The molecule has 2 aromatic rings. The van der Waals surface area contributed by atoms with Crippen LogP contribution in [0.5, 0.6) is 0 Å². The maximum Gasteiger partial charge on any atom is 0.270 e. The highest BCUT2D eigenvalue weighted by Crippen LogP contribution is 2.20. The van der Waals surface area contributed by atoms with Crippen molar-refractivity contribution in [1.82, 2.24) is 15.3 Å². The molecule has 122 valence electrons. The number of aryl methyl sites for hydroxylation is 1. The van der Waals surface area contributed by atoms with Crippen LogP contribution in [-0.2, 0) is 4.74 Å². The average Bonchev–Trinajstić information content (AvgIpc) is 2.56. The summed E-state index contributed by atoms with van der Waals surface area (Å²) in [6.07, 6.45) is 2.34. The van der Waals surface area contributed by atoms with Gasteiger partial charge in [0.25, 0.3) is 5.91 Å². The molecule has 0 aliphatic carbocycles. The fraction of sp³-hybridized carbons (Fsp3) is 0.353. The monoisotopic (exact) mass is 314 g/mol. The van der Waals surface area contributed by atoms with Crippen molar-refractivity contribution in [3.8, 4) is 0 Å². The van der Waals surface area contributed by atoms with E-state index in [0.717, 1.165) is 17.7 Å². The molecule has 0 radical (unpaired) electrons. The molecule has 0 atom stereocenters. The average molecular weight is 314 g/mol. The normalized spacial score (nSPS) is 10.4. The maximum absolute atomic E-state index is 12.1. The first-order valence-corrected chi connectivity index (χ1v) is 7.55. The van der Waals surface area contributed by atoms with Crippen molar-refractivity contribution in [2.45, 2.75) is 20.3 Å². The third-order valence-electron chi connectivity index (χ3n) is 3.55. The lowest BCUT2D eigenvalue weighted by Gasteiger charge is -2.11. The van der Waals surface area contributed by atoms with E-state index in [9.17, 15) is 4.79 Å². The molecule has 2 N–H and O–H groups in total. The lowest BCUT2D eigenvalue weighted by Crippen LogP contribution is -2.26. The molecule has 1 amide bonds. The molecule has 6 heteroatoms. The highest BCUT2D eigenvalue weighted by Gasteiger charge is 2.09. The number of hydrogen-bond acceptors (Lipinski definition) is 5. The van der Waals surface area contributed by atoms with Crippen LogP contribution in [0.2, 0.25) is 0 Å². The second-order valence-electron chi connectivity index (χ2n) is 5.24. The lowest BCUT2D eigenvalue weighted by molar-refractivity contribution is 0.0943. The van der Waals surface area contributed by atoms with E-state index in [1.54, 1.807) is 19.4 Å². The highest BCUT2D eigenvalue weighted by atomic mass is 16.5. The van der Waals surface area contributed by atoms with Crippen molar-refractivity contribution < 1.29 is 9.53 Å². The first-order valence-electron chi connectivity index (χ1n) is 7.55. The van der Waals surface area contributed by atoms with E-state index in [1.165, 1.54) is 5.56 Å². The summed E-state index contributed by atoms with van der Waals surface area (Å²) in [5, 5.41) is 5.97. The minimum absolute atomic E-state index is 0.215. The molecule has 0 fully saturated rings. The van der Waals surface area contributed by atoms with E-state index in [0.29, 0.717) is 24.8 Å². The van der Waals surface area contributed by atoms with Crippen molar-refractivity contribution in [1.29, 1.82) is 0 Å². The SMILES string of the molecule is COCCCNC(=O)c1ccnc(Nc2cccc(C)c2C)n1. The molecular weight excluding hydrogens is 292 g/mol. The Kier molecular flexibility index (Phi) is 6.05. The van der Waals surface area contributed by atoms with Crippen LogP contribution in [0.3, 0.4) is 0 Å².